The average Bonchev–Trinajstić information content (AvgIpc) is 2.86. The maximum atomic E-state index is 14.8. The van der Waals surface area contributed by atoms with E-state index in [0.717, 1.165) is 36.2 Å². The Morgan fingerprint density at radius 1 is 1.21 bits per heavy atom. The minimum absolute atomic E-state index is 0.101. The molecule has 1 aliphatic heterocycles. The van der Waals surface area contributed by atoms with Gasteiger partial charge in [0, 0.05) is 36.4 Å². The fraction of sp³-hybridized carbons (Fsp3) is 0.269. The summed E-state index contributed by atoms with van der Waals surface area (Å²) in [6, 6.07) is 13.3. The first-order valence-electron chi connectivity index (χ1n) is 11.0. The lowest BCUT2D eigenvalue weighted by molar-refractivity contribution is -0.114. The molecule has 6 nitrogen and oxygen atoms in total. The number of rotatable bonds is 8. The number of ketones is 1. The standard InChI is InChI=1S/C26H27FN4O2/c1-3-21(32)14-18-10-11-24(33-2)22(15-18)25-23(27)17-28-26(30-25)29-19-8-7-9-20(16-19)31-12-5-4-6-13-31/h3,7-11,15-17H,1,4-6,12-14H2,2H3,(H,28,29,30). The molecule has 0 aliphatic carbocycles. The van der Waals surface area contributed by atoms with Crippen molar-refractivity contribution in [2.45, 2.75) is 25.7 Å². The Labute approximate surface area is 193 Å². The first kappa shape index (κ1) is 22.5. The van der Waals surface area contributed by atoms with E-state index in [9.17, 15) is 9.18 Å². The molecule has 1 aliphatic rings. The quantitative estimate of drug-likeness (QED) is 0.472. The number of nitrogens with zero attached hydrogens (tertiary/aromatic N) is 3. The molecule has 2 heterocycles. The Morgan fingerprint density at radius 3 is 2.79 bits per heavy atom. The molecule has 1 N–H and O–H groups in total. The van der Waals surface area contributed by atoms with Crippen molar-refractivity contribution in [1.29, 1.82) is 0 Å². The van der Waals surface area contributed by atoms with Crippen LogP contribution in [0.5, 0.6) is 5.75 Å². The van der Waals surface area contributed by atoms with Crippen LogP contribution in [0.25, 0.3) is 11.3 Å². The number of allylic oxidation sites excluding steroid dienone is 1. The van der Waals surface area contributed by atoms with E-state index in [4.69, 9.17) is 4.74 Å². The second kappa shape index (κ2) is 10.3. The fourth-order valence-corrected chi connectivity index (χ4v) is 4.00. The summed E-state index contributed by atoms with van der Waals surface area (Å²) in [6.07, 6.45) is 6.24. The van der Waals surface area contributed by atoms with Gasteiger partial charge in [-0.3, -0.25) is 4.79 Å². The van der Waals surface area contributed by atoms with Gasteiger partial charge in [-0.2, -0.15) is 0 Å². The third-order valence-corrected chi connectivity index (χ3v) is 5.69. The predicted molar refractivity (Wildman–Crippen MR) is 129 cm³/mol. The first-order chi connectivity index (χ1) is 16.1. The third-order valence-electron chi connectivity index (χ3n) is 5.69. The normalized spacial score (nSPS) is 13.5. The maximum absolute atomic E-state index is 14.8. The van der Waals surface area contributed by atoms with Crippen LogP contribution in [-0.2, 0) is 11.2 Å². The highest BCUT2D eigenvalue weighted by atomic mass is 19.1. The van der Waals surface area contributed by atoms with Gasteiger partial charge in [-0.05, 0) is 61.2 Å². The van der Waals surface area contributed by atoms with E-state index in [2.05, 4.69) is 38.9 Å². The van der Waals surface area contributed by atoms with Gasteiger partial charge in [0.05, 0.1) is 13.3 Å². The highest BCUT2D eigenvalue weighted by molar-refractivity contribution is 5.91. The molecular formula is C26H27FN4O2. The van der Waals surface area contributed by atoms with Crippen LogP contribution in [-0.4, -0.2) is 36.0 Å². The Morgan fingerprint density at radius 2 is 2.03 bits per heavy atom. The topological polar surface area (TPSA) is 67.3 Å². The van der Waals surface area contributed by atoms with Crippen molar-refractivity contribution in [3.8, 4) is 17.0 Å². The number of aromatic nitrogens is 2. The van der Waals surface area contributed by atoms with E-state index in [0.29, 0.717) is 11.3 Å². The predicted octanol–water partition coefficient (Wildman–Crippen LogP) is 5.32. The molecule has 7 heteroatoms. The van der Waals surface area contributed by atoms with E-state index in [1.807, 2.05) is 12.1 Å². The summed E-state index contributed by atoms with van der Waals surface area (Å²) in [6.45, 7) is 5.60. The van der Waals surface area contributed by atoms with Crippen molar-refractivity contribution in [1.82, 2.24) is 9.97 Å². The van der Waals surface area contributed by atoms with Gasteiger partial charge in [-0.15, -0.1) is 0 Å². The molecule has 170 valence electrons. The zero-order valence-electron chi connectivity index (χ0n) is 18.7. The monoisotopic (exact) mass is 446 g/mol. The number of methoxy groups -OCH3 is 1. The van der Waals surface area contributed by atoms with Crippen LogP contribution in [0.3, 0.4) is 0 Å². The molecule has 0 unspecified atom stereocenters. The minimum Gasteiger partial charge on any atom is -0.496 e. The molecule has 0 atom stereocenters. The van der Waals surface area contributed by atoms with Gasteiger partial charge in [-0.25, -0.2) is 14.4 Å². The number of carbonyl (C=O) groups is 1. The van der Waals surface area contributed by atoms with Crippen LogP contribution in [0, 0.1) is 5.82 Å². The fourth-order valence-electron chi connectivity index (χ4n) is 4.00. The lowest BCUT2D eigenvalue weighted by atomic mass is 10.0. The summed E-state index contributed by atoms with van der Waals surface area (Å²) in [5.74, 6) is 0.0376. The van der Waals surface area contributed by atoms with Crippen LogP contribution >= 0.6 is 0 Å². The van der Waals surface area contributed by atoms with E-state index < -0.39 is 5.82 Å². The number of benzene rings is 2. The number of carbonyl (C=O) groups excluding carboxylic acids is 1. The highest BCUT2D eigenvalue weighted by Gasteiger charge is 2.17. The summed E-state index contributed by atoms with van der Waals surface area (Å²) in [7, 11) is 1.51. The van der Waals surface area contributed by atoms with E-state index in [-0.39, 0.29) is 23.8 Å². The van der Waals surface area contributed by atoms with Crippen LogP contribution in [0.1, 0.15) is 24.8 Å². The molecule has 1 fully saturated rings. The van der Waals surface area contributed by atoms with Gasteiger partial charge in [0.2, 0.25) is 5.95 Å². The molecule has 33 heavy (non-hydrogen) atoms. The number of halogens is 1. The molecule has 0 bridgehead atoms. The summed E-state index contributed by atoms with van der Waals surface area (Å²) >= 11 is 0. The van der Waals surface area contributed by atoms with Crippen molar-refractivity contribution in [3.63, 3.8) is 0 Å². The average molecular weight is 447 g/mol. The Kier molecular flexibility index (Phi) is 6.98. The molecule has 0 saturated carbocycles. The molecule has 0 amide bonds. The molecule has 4 rings (SSSR count). The van der Waals surface area contributed by atoms with Crippen molar-refractivity contribution in [2.24, 2.45) is 0 Å². The molecular weight excluding hydrogens is 419 g/mol. The van der Waals surface area contributed by atoms with Gasteiger partial charge in [-0.1, -0.05) is 18.7 Å². The van der Waals surface area contributed by atoms with E-state index >= 15 is 0 Å². The number of ether oxygens (including phenoxy) is 1. The zero-order valence-corrected chi connectivity index (χ0v) is 18.7. The largest absolute Gasteiger partial charge is 0.496 e. The van der Waals surface area contributed by atoms with Crippen LogP contribution in [0.2, 0.25) is 0 Å². The molecule has 2 aromatic carbocycles. The maximum Gasteiger partial charge on any atom is 0.227 e. The highest BCUT2D eigenvalue weighted by Crippen LogP contribution is 2.32. The Balaban J connectivity index is 1.63. The lowest BCUT2D eigenvalue weighted by Crippen LogP contribution is -2.29. The Hall–Kier alpha value is -3.74. The summed E-state index contributed by atoms with van der Waals surface area (Å²) in [5.41, 5.74) is 3.25. The SMILES string of the molecule is C=CC(=O)Cc1ccc(OC)c(-c2nc(Nc3cccc(N4CCCCC4)c3)ncc2F)c1. The first-order valence-corrected chi connectivity index (χ1v) is 11.0. The van der Waals surface area contributed by atoms with Crippen molar-refractivity contribution >= 4 is 23.1 Å². The number of anilines is 3. The zero-order chi connectivity index (χ0) is 23.2. The minimum atomic E-state index is -0.576. The van der Waals surface area contributed by atoms with Crippen LogP contribution < -0.4 is 15.0 Å². The number of nitrogens with one attached hydrogen (secondary N) is 1. The van der Waals surface area contributed by atoms with Crippen molar-refractivity contribution < 1.29 is 13.9 Å². The van der Waals surface area contributed by atoms with Gasteiger partial charge in [0.25, 0.3) is 0 Å². The summed E-state index contributed by atoms with van der Waals surface area (Å²) in [5, 5.41) is 3.19. The second-order valence-corrected chi connectivity index (χ2v) is 8.00. The smallest absolute Gasteiger partial charge is 0.227 e. The number of hydrogen-bond donors (Lipinski definition) is 1. The summed E-state index contributed by atoms with van der Waals surface area (Å²) in [4.78, 5) is 22.7. The second-order valence-electron chi connectivity index (χ2n) is 8.00. The van der Waals surface area contributed by atoms with Crippen molar-refractivity contribution in [3.05, 3.63) is 72.7 Å². The van der Waals surface area contributed by atoms with Gasteiger partial charge >= 0.3 is 0 Å². The van der Waals surface area contributed by atoms with Crippen LogP contribution in [0.15, 0.2) is 61.3 Å². The van der Waals surface area contributed by atoms with E-state index in [1.54, 1.807) is 18.2 Å². The number of piperidine rings is 1. The third kappa shape index (κ3) is 5.37. The Bertz CT molecular complexity index is 1160. The molecule has 1 aromatic heterocycles. The van der Waals surface area contributed by atoms with Crippen molar-refractivity contribution in [2.75, 3.05) is 30.4 Å². The molecule has 0 radical (unpaired) electrons. The van der Waals surface area contributed by atoms with E-state index in [1.165, 1.54) is 32.4 Å². The molecule has 1 saturated heterocycles. The summed E-state index contributed by atoms with van der Waals surface area (Å²) < 4.78 is 20.2. The lowest BCUT2D eigenvalue weighted by Gasteiger charge is -2.29. The van der Waals surface area contributed by atoms with Gasteiger partial charge < -0.3 is 15.0 Å². The van der Waals surface area contributed by atoms with Gasteiger partial charge in [0.1, 0.15) is 11.4 Å². The number of hydrogen-bond acceptors (Lipinski definition) is 6. The van der Waals surface area contributed by atoms with Crippen LogP contribution in [0.4, 0.5) is 21.7 Å². The molecule has 0 spiro atoms. The molecule has 3 aromatic rings. The van der Waals surface area contributed by atoms with Gasteiger partial charge in [0.15, 0.2) is 11.6 Å².